The van der Waals surface area contributed by atoms with Gasteiger partial charge in [0.25, 0.3) is 5.69 Å². The van der Waals surface area contributed by atoms with Crippen LogP contribution in [0.15, 0.2) is 18.2 Å². The predicted octanol–water partition coefficient (Wildman–Crippen LogP) is 1.80. The molecular formula is C12H15FN2O4. The van der Waals surface area contributed by atoms with Crippen LogP contribution < -0.4 is 5.73 Å². The fourth-order valence-electron chi connectivity index (χ4n) is 1.57. The molecule has 0 amide bonds. The van der Waals surface area contributed by atoms with E-state index >= 15 is 0 Å². The summed E-state index contributed by atoms with van der Waals surface area (Å²) in [5.74, 6) is -1.07. The number of aryl methyl sites for hydroxylation is 1. The lowest BCUT2D eigenvalue weighted by Gasteiger charge is -2.16. The monoisotopic (exact) mass is 270 g/mol. The molecule has 0 aromatic heterocycles. The van der Waals surface area contributed by atoms with Crippen LogP contribution in [-0.2, 0) is 9.53 Å². The number of carbonyl (C=O) groups excluding carboxylic acids is 1. The lowest BCUT2D eigenvalue weighted by molar-refractivity contribution is -0.385. The molecule has 104 valence electrons. The third kappa shape index (κ3) is 3.47. The minimum absolute atomic E-state index is 0.0417. The molecule has 0 aliphatic heterocycles. The molecule has 7 heteroatoms. The summed E-state index contributed by atoms with van der Waals surface area (Å²) in [6.45, 7) is 3.15. The van der Waals surface area contributed by atoms with Gasteiger partial charge in [0.15, 0.2) is 0 Å². The molecule has 2 atom stereocenters. The summed E-state index contributed by atoms with van der Waals surface area (Å²) in [5, 5.41) is 10.8. The molecule has 0 aliphatic rings. The van der Waals surface area contributed by atoms with Crippen LogP contribution in [0, 0.1) is 17.0 Å². The Labute approximate surface area is 109 Å². The van der Waals surface area contributed by atoms with Crippen molar-refractivity contribution in [2.75, 3.05) is 6.61 Å². The molecule has 19 heavy (non-hydrogen) atoms. The molecular weight excluding hydrogens is 255 g/mol. The summed E-state index contributed by atoms with van der Waals surface area (Å²) >= 11 is 0. The molecule has 0 saturated carbocycles. The highest BCUT2D eigenvalue weighted by Crippen LogP contribution is 2.25. The Balaban J connectivity index is 3.00. The van der Waals surface area contributed by atoms with E-state index in [0.717, 1.165) is 0 Å². The molecule has 0 spiro atoms. The third-order valence-corrected chi connectivity index (χ3v) is 2.64. The zero-order chi connectivity index (χ0) is 14.6. The van der Waals surface area contributed by atoms with E-state index in [2.05, 4.69) is 4.74 Å². The topological polar surface area (TPSA) is 95.5 Å². The number of esters is 1. The predicted molar refractivity (Wildman–Crippen MR) is 66.3 cm³/mol. The fraction of sp³-hybridized carbons (Fsp3) is 0.417. The number of halogens is 1. The lowest BCUT2D eigenvalue weighted by atomic mass is 10.0. The van der Waals surface area contributed by atoms with Crippen LogP contribution in [0.1, 0.15) is 24.1 Å². The Morgan fingerprint density at radius 3 is 2.74 bits per heavy atom. The van der Waals surface area contributed by atoms with E-state index in [4.69, 9.17) is 5.73 Å². The molecule has 1 unspecified atom stereocenters. The zero-order valence-electron chi connectivity index (χ0n) is 10.6. The smallest absolute Gasteiger partial charge is 0.342 e. The molecule has 2 N–H and O–H groups in total. The van der Waals surface area contributed by atoms with Crippen molar-refractivity contribution >= 4 is 11.7 Å². The van der Waals surface area contributed by atoms with Gasteiger partial charge in [-0.3, -0.25) is 10.1 Å². The van der Waals surface area contributed by atoms with Crippen molar-refractivity contribution < 1.29 is 18.8 Å². The van der Waals surface area contributed by atoms with Gasteiger partial charge in [0, 0.05) is 11.6 Å². The van der Waals surface area contributed by atoms with E-state index in [1.807, 2.05) is 0 Å². The summed E-state index contributed by atoms with van der Waals surface area (Å²) in [6.07, 6.45) is -2.05. The molecule has 0 radical (unpaired) electrons. The first kappa shape index (κ1) is 15.0. The molecule has 0 fully saturated rings. The van der Waals surface area contributed by atoms with Crippen LogP contribution in [0.5, 0.6) is 0 Å². The van der Waals surface area contributed by atoms with E-state index in [-0.39, 0.29) is 17.9 Å². The maximum Gasteiger partial charge on any atom is 0.342 e. The Bertz CT molecular complexity index is 493. The van der Waals surface area contributed by atoms with Gasteiger partial charge in [0.05, 0.1) is 17.6 Å². The second-order valence-electron chi connectivity index (χ2n) is 3.98. The summed E-state index contributed by atoms with van der Waals surface area (Å²) < 4.78 is 18.2. The quantitative estimate of drug-likeness (QED) is 0.500. The highest BCUT2D eigenvalue weighted by Gasteiger charge is 2.29. The van der Waals surface area contributed by atoms with E-state index in [0.29, 0.717) is 5.56 Å². The Hall–Kier alpha value is -2.02. The van der Waals surface area contributed by atoms with E-state index in [1.54, 1.807) is 13.8 Å². The van der Waals surface area contributed by atoms with Gasteiger partial charge >= 0.3 is 5.97 Å². The van der Waals surface area contributed by atoms with Crippen molar-refractivity contribution in [3.8, 4) is 0 Å². The highest BCUT2D eigenvalue weighted by atomic mass is 19.1. The molecule has 0 bridgehead atoms. The van der Waals surface area contributed by atoms with Crippen molar-refractivity contribution in [3.05, 3.63) is 39.4 Å². The maximum absolute atomic E-state index is 13.7. The zero-order valence-corrected chi connectivity index (χ0v) is 10.6. The van der Waals surface area contributed by atoms with Crippen LogP contribution in [0.25, 0.3) is 0 Å². The van der Waals surface area contributed by atoms with Gasteiger partial charge in [-0.2, -0.15) is 0 Å². The average Bonchev–Trinajstić information content (AvgIpc) is 2.37. The Morgan fingerprint density at radius 1 is 1.58 bits per heavy atom. The summed E-state index contributed by atoms with van der Waals surface area (Å²) in [6, 6.07) is 2.80. The number of benzene rings is 1. The second-order valence-corrected chi connectivity index (χ2v) is 3.98. The van der Waals surface area contributed by atoms with Crippen molar-refractivity contribution in [1.82, 2.24) is 0 Å². The van der Waals surface area contributed by atoms with Gasteiger partial charge in [-0.25, -0.2) is 9.18 Å². The molecule has 0 heterocycles. The number of nitrogens with zero attached hydrogens (tertiary/aromatic N) is 1. The van der Waals surface area contributed by atoms with E-state index in [1.165, 1.54) is 18.2 Å². The normalized spacial score (nSPS) is 13.7. The van der Waals surface area contributed by atoms with Crippen LogP contribution in [-0.4, -0.2) is 23.7 Å². The minimum atomic E-state index is -2.05. The van der Waals surface area contributed by atoms with Crippen molar-refractivity contribution in [1.29, 1.82) is 0 Å². The van der Waals surface area contributed by atoms with Gasteiger partial charge in [-0.15, -0.1) is 0 Å². The number of nitro benzene ring substituents is 1. The molecule has 6 nitrogen and oxygen atoms in total. The highest BCUT2D eigenvalue weighted by molar-refractivity contribution is 5.75. The number of alkyl halides is 1. The van der Waals surface area contributed by atoms with E-state index < -0.39 is 23.1 Å². The molecule has 1 rings (SSSR count). The lowest BCUT2D eigenvalue weighted by Crippen LogP contribution is -2.31. The van der Waals surface area contributed by atoms with Crippen LogP contribution >= 0.6 is 0 Å². The number of nitro groups is 1. The number of hydrogen-bond donors (Lipinski definition) is 1. The van der Waals surface area contributed by atoms with Gasteiger partial charge in [0.1, 0.15) is 0 Å². The average molecular weight is 270 g/mol. The van der Waals surface area contributed by atoms with Gasteiger partial charge in [-0.1, -0.05) is 12.1 Å². The summed E-state index contributed by atoms with van der Waals surface area (Å²) in [4.78, 5) is 21.4. The van der Waals surface area contributed by atoms with Gasteiger partial charge in [0.2, 0.25) is 6.17 Å². The third-order valence-electron chi connectivity index (χ3n) is 2.64. The molecule has 0 saturated heterocycles. The van der Waals surface area contributed by atoms with Crippen molar-refractivity contribution in [3.63, 3.8) is 0 Å². The largest absolute Gasteiger partial charge is 0.464 e. The van der Waals surface area contributed by atoms with Gasteiger partial charge in [-0.05, 0) is 19.4 Å². The Kier molecular flexibility index (Phi) is 4.94. The SMILES string of the molecule is CCOC(=O)C(F)[C@@H](N)c1ccc(C)c([N+](=O)[O-])c1. The molecule has 1 aromatic rings. The Morgan fingerprint density at radius 2 is 2.21 bits per heavy atom. The minimum Gasteiger partial charge on any atom is -0.464 e. The second kappa shape index (κ2) is 6.24. The maximum atomic E-state index is 13.7. The number of ether oxygens (including phenoxy) is 1. The van der Waals surface area contributed by atoms with Crippen LogP contribution in [0.2, 0.25) is 0 Å². The number of rotatable bonds is 5. The standard InChI is InChI=1S/C12H15FN2O4/c1-3-19-12(16)10(13)11(14)8-5-4-7(2)9(6-8)15(17)18/h4-6,10-11H,3,14H2,1-2H3/t10?,11-/m0/s1. The van der Waals surface area contributed by atoms with E-state index in [9.17, 15) is 19.3 Å². The first-order valence-electron chi connectivity index (χ1n) is 5.69. The van der Waals surface area contributed by atoms with Gasteiger partial charge < -0.3 is 10.5 Å². The number of carbonyl (C=O) groups is 1. The number of hydrogen-bond acceptors (Lipinski definition) is 5. The first-order chi connectivity index (χ1) is 8.88. The number of nitrogens with two attached hydrogens (primary N) is 1. The van der Waals surface area contributed by atoms with Crippen LogP contribution in [0.3, 0.4) is 0 Å². The molecule has 0 aliphatic carbocycles. The summed E-state index contributed by atoms with van der Waals surface area (Å²) in [7, 11) is 0. The summed E-state index contributed by atoms with van der Waals surface area (Å²) in [5.41, 5.74) is 6.04. The first-order valence-corrected chi connectivity index (χ1v) is 5.69. The van der Waals surface area contributed by atoms with Crippen LogP contribution in [0.4, 0.5) is 10.1 Å². The van der Waals surface area contributed by atoms with Crippen molar-refractivity contribution in [2.24, 2.45) is 5.73 Å². The molecule has 1 aromatic carbocycles. The van der Waals surface area contributed by atoms with Crippen molar-refractivity contribution in [2.45, 2.75) is 26.1 Å². The fourth-order valence-corrected chi connectivity index (χ4v) is 1.57.